The van der Waals surface area contributed by atoms with Gasteiger partial charge in [0.15, 0.2) is 0 Å². The maximum atomic E-state index is 12.2. The zero-order valence-electron chi connectivity index (χ0n) is 9.73. The number of nitrogens with zero attached hydrogens (tertiary/aromatic N) is 1. The van der Waals surface area contributed by atoms with Crippen molar-refractivity contribution < 1.29 is 4.79 Å². The largest absolute Gasteiger partial charge is 0.325 e. The van der Waals surface area contributed by atoms with Crippen LogP contribution in [0.4, 0.5) is 5.69 Å². The van der Waals surface area contributed by atoms with E-state index >= 15 is 0 Å². The van der Waals surface area contributed by atoms with E-state index < -0.39 is 0 Å². The second-order valence-corrected chi connectivity index (χ2v) is 4.97. The Labute approximate surface area is 101 Å². The van der Waals surface area contributed by atoms with Crippen LogP contribution in [-0.2, 0) is 4.79 Å². The van der Waals surface area contributed by atoms with Crippen molar-refractivity contribution in [1.82, 2.24) is 10.3 Å². The Morgan fingerprint density at radius 1 is 1.35 bits per heavy atom. The molecule has 1 aromatic heterocycles. The lowest BCUT2D eigenvalue weighted by molar-refractivity contribution is -0.118. The van der Waals surface area contributed by atoms with Crippen molar-refractivity contribution in [3.05, 3.63) is 24.5 Å². The number of nitrogens with one attached hydrogen (secondary N) is 2. The minimum Gasteiger partial charge on any atom is -0.325 e. The summed E-state index contributed by atoms with van der Waals surface area (Å²) < 4.78 is 0. The average Bonchev–Trinajstić information content (AvgIpc) is 2.91. The van der Waals surface area contributed by atoms with Crippen LogP contribution < -0.4 is 10.6 Å². The normalized spacial score (nSPS) is 31.2. The van der Waals surface area contributed by atoms with Gasteiger partial charge in [0.05, 0.1) is 6.04 Å². The standard InChI is InChI=1S/C13H17N3O/c17-13(16-10-4-6-14-7-5-10)12-11-3-1-2-9(11)8-15-12/h4-7,9,11-12,15H,1-3,8H2,(H,14,16,17). The van der Waals surface area contributed by atoms with E-state index in [1.165, 1.54) is 19.3 Å². The van der Waals surface area contributed by atoms with Crippen molar-refractivity contribution in [1.29, 1.82) is 0 Å². The molecule has 2 heterocycles. The van der Waals surface area contributed by atoms with Crippen molar-refractivity contribution in [3.8, 4) is 0 Å². The molecule has 0 aromatic carbocycles. The van der Waals surface area contributed by atoms with Gasteiger partial charge in [0, 0.05) is 18.1 Å². The molecule has 1 saturated heterocycles. The third kappa shape index (κ3) is 2.05. The van der Waals surface area contributed by atoms with Gasteiger partial charge in [0.2, 0.25) is 5.91 Å². The number of aromatic nitrogens is 1. The second kappa shape index (κ2) is 4.45. The SMILES string of the molecule is O=C(Nc1ccncc1)C1NCC2CCCC21. The molecular weight excluding hydrogens is 214 g/mol. The molecule has 90 valence electrons. The van der Waals surface area contributed by atoms with Crippen LogP contribution in [-0.4, -0.2) is 23.5 Å². The van der Waals surface area contributed by atoms with Gasteiger partial charge in [-0.2, -0.15) is 0 Å². The molecule has 3 rings (SSSR count). The summed E-state index contributed by atoms with van der Waals surface area (Å²) in [5, 5.41) is 6.31. The molecule has 4 heteroatoms. The Bertz CT molecular complexity index is 406. The number of fused-ring (bicyclic) bond motifs is 1. The minimum absolute atomic E-state index is 0.00401. The van der Waals surface area contributed by atoms with Gasteiger partial charge < -0.3 is 10.6 Å². The van der Waals surface area contributed by atoms with E-state index in [-0.39, 0.29) is 11.9 Å². The number of rotatable bonds is 2. The van der Waals surface area contributed by atoms with Crippen LogP contribution in [0.3, 0.4) is 0 Å². The summed E-state index contributed by atoms with van der Waals surface area (Å²) in [5.41, 5.74) is 0.827. The van der Waals surface area contributed by atoms with E-state index in [0.717, 1.165) is 12.2 Å². The highest BCUT2D eigenvalue weighted by Gasteiger charge is 2.42. The number of hydrogen-bond donors (Lipinski definition) is 2. The Hall–Kier alpha value is -1.42. The highest BCUT2D eigenvalue weighted by atomic mass is 16.2. The van der Waals surface area contributed by atoms with Crippen LogP contribution >= 0.6 is 0 Å². The molecule has 4 nitrogen and oxygen atoms in total. The van der Waals surface area contributed by atoms with E-state index in [9.17, 15) is 4.79 Å². The summed E-state index contributed by atoms with van der Waals surface area (Å²) in [6.07, 6.45) is 7.12. The first kappa shape index (κ1) is 10.7. The van der Waals surface area contributed by atoms with Gasteiger partial charge in [0.25, 0.3) is 0 Å². The van der Waals surface area contributed by atoms with Crippen molar-refractivity contribution in [2.75, 3.05) is 11.9 Å². The fourth-order valence-corrected chi connectivity index (χ4v) is 3.13. The van der Waals surface area contributed by atoms with Crippen molar-refractivity contribution >= 4 is 11.6 Å². The van der Waals surface area contributed by atoms with Crippen molar-refractivity contribution in [2.45, 2.75) is 25.3 Å². The highest BCUT2D eigenvalue weighted by Crippen LogP contribution is 2.37. The molecule has 0 spiro atoms. The van der Waals surface area contributed by atoms with E-state index in [2.05, 4.69) is 15.6 Å². The molecule has 2 aliphatic rings. The predicted octanol–water partition coefficient (Wildman–Crippen LogP) is 1.41. The van der Waals surface area contributed by atoms with E-state index in [0.29, 0.717) is 11.8 Å². The summed E-state index contributed by atoms with van der Waals surface area (Å²) >= 11 is 0. The van der Waals surface area contributed by atoms with Gasteiger partial charge in [0.1, 0.15) is 0 Å². The summed E-state index contributed by atoms with van der Waals surface area (Å²) in [6, 6.07) is 3.63. The lowest BCUT2D eigenvalue weighted by Gasteiger charge is -2.17. The molecule has 2 fully saturated rings. The Kier molecular flexibility index (Phi) is 2.81. The zero-order chi connectivity index (χ0) is 11.7. The first-order valence-electron chi connectivity index (χ1n) is 6.29. The molecular formula is C13H17N3O. The summed E-state index contributed by atoms with van der Waals surface area (Å²) in [5.74, 6) is 1.35. The first-order valence-corrected chi connectivity index (χ1v) is 6.29. The maximum absolute atomic E-state index is 12.2. The molecule has 1 aromatic rings. The van der Waals surface area contributed by atoms with E-state index in [4.69, 9.17) is 0 Å². The number of carbonyl (C=O) groups is 1. The molecule has 1 amide bonds. The second-order valence-electron chi connectivity index (χ2n) is 4.97. The molecule has 1 aliphatic carbocycles. The molecule has 3 atom stereocenters. The third-order valence-corrected chi connectivity index (χ3v) is 3.98. The summed E-state index contributed by atoms with van der Waals surface area (Å²) in [6.45, 7) is 0.999. The smallest absolute Gasteiger partial charge is 0.241 e. The van der Waals surface area contributed by atoms with Gasteiger partial charge in [-0.15, -0.1) is 0 Å². The predicted molar refractivity (Wildman–Crippen MR) is 65.5 cm³/mol. The topological polar surface area (TPSA) is 54.0 Å². The number of pyridine rings is 1. The van der Waals surface area contributed by atoms with Crippen LogP contribution in [0.5, 0.6) is 0 Å². The summed E-state index contributed by atoms with van der Waals surface area (Å²) in [4.78, 5) is 16.1. The molecule has 1 aliphatic heterocycles. The number of anilines is 1. The Morgan fingerprint density at radius 2 is 2.18 bits per heavy atom. The lowest BCUT2D eigenvalue weighted by Crippen LogP contribution is -2.39. The minimum atomic E-state index is -0.00401. The van der Waals surface area contributed by atoms with Gasteiger partial charge in [-0.25, -0.2) is 0 Å². The molecule has 0 bridgehead atoms. The quantitative estimate of drug-likeness (QED) is 0.809. The van der Waals surface area contributed by atoms with Crippen LogP contribution in [0.1, 0.15) is 19.3 Å². The molecule has 17 heavy (non-hydrogen) atoms. The van der Waals surface area contributed by atoms with Crippen LogP contribution in [0.15, 0.2) is 24.5 Å². The Balaban J connectivity index is 1.67. The fourth-order valence-electron chi connectivity index (χ4n) is 3.13. The number of amides is 1. The molecule has 0 radical (unpaired) electrons. The monoisotopic (exact) mass is 231 g/mol. The first-order chi connectivity index (χ1) is 8.34. The van der Waals surface area contributed by atoms with Gasteiger partial charge in [-0.3, -0.25) is 9.78 Å². The zero-order valence-corrected chi connectivity index (χ0v) is 9.73. The fraction of sp³-hybridized carbons (Fsp3) is 0.538. The van der Waals surface area contributed by atoms with Crippen LogP contribution in [0.25, 0.3) is 0 Å². The average molecular weight is 231 g/mol. The summed E-state index contributed by atoms with van der Waals surface area (Å²) in [7, 11) is 0. The molecule has 1 saturated carbocycles. The van der Waals surface area contributed by atoms with Crippen molar-refractivity contribution in [3.63, 3.8) is 0 Å². The van der Waals surface area contributed by atoms with Crippen LogP contribution in [0.2, 0.25) is 0 Å². The van der Waals surface area contributed by atoms with Gasteiger partial charge >= 0.3 is 0 Å². The number of carbonyl (C=O) groups excluding carboxylic acids is 1. The molecule has 2 N–H and O–H groups in total. The van der Waals surface area contributed by atoms with E-state index in [1.807, 2.05) is 12.1 Å². The lowest BCUT2D eigenvalue weighted by atomic mass is 9.93. The maximum Gasteiger partial charge on any atom is 0.241 e. The number of hydrogen-bond acceptors (Lipinski definition) is 3. The van der Waals surface area contributed by atoms with Gasteiger partial charge in [-0.1, -0.05) is 6.42 Å². The highest BCUT2D eigenvalue weighted by molar-refractivity contribution is 5.95. The third-order valence-electron chi connectivity index (χ3n) is 3.98. The van der Waals surface area contributed by atoms with Crippen LogP contribution in [0, 0.1) is 11.8 Å². The van der Waals surface area contributed by atoms with Gasteiger partial charge in [-0.05, 0) is 43.4 Å². The Morgan fingerprint density at radius 3 is 3.00 bits per heavy atom. The van der Waals surface area contributed by atoms with E-state index in [1.54, 1.807) is 12.4 Å². The van der Waals surface area contributed by atoms with Crippen molar-refractivity contribution in [2.24, 2.45) is 11.8 Å². The molecule has 3 unspecified atom stereocenters.